The molecule has 0 aliphatic carbocycles. The number of hydrazine groups is 1. The number of furan rings is 1. The average molecular weight is 258 g/mol. The lowest BCUT2D eigenvalue weighted by atomic mass is 9.97. The van der Waals surface area contributed by atoms with Gasteiger partial charge in [0.25, 0.3) is 0 Å². The second-order valence-corrected chi connectivity index (χ2v) is 4.96. The molecule has 0 saturated heterocycles. The maximum Gasteiger partial charge on any atom is 0.106 e. The molecule has 0 spiro atoms. The third-order valence-corrected chi connectivity index (χ3v) is 3.38. The van der Waals surface area contributed by atoms with Crippen molar-refractivity contribution in [2.75, 3.05) is 0 Å². The molecule has 2 rings (SSSR count). The van der Waals surface area contributed by atoms with Crippen LogP contribution in [0.15, 0.2) is 34.7 Å². The summed E-state index contributed by atoms with van der Waals surface area (Å²) in [7, 11) is 0. The summed E-state index contributed by atoms with van der Waals surface area (Å²) in [5.41, 5.74) is 6.53. The first-order chi connectivity index (χ1) is 9.15. The van der Waals surface area contributed by atoms with Crippen LogP contribution in [-0.2, 0) is 6.42 Å². The van der Waals surface area contributed by atoms with Crippen molar-refractivity contribution in [3.8, 4) is 0 Å². The Morgan fingerprint density at radius 1 is 1.26 bits per heavy atom. The zero-order valence-corrected chi connectivity index (χ0v) is 11.9. The lowest BCUT2D eigenvalue weighted by molar-refractivity contribution is 0.495. The first-order valence-electron chi connectivity index (χ1n) is 6.77. The highest BCUT2D eigenvalue weighted by Gasteiger charge is 2.18. The monoisotopic (exact) mass is 258 g/mol. The van der Waals surface area contributed by atoms with Crippen molar-refractivity contribution in [1.82, 2.24) is 5.43 Å². The number of benzene rings is 1. The van der Waals surface area contributed by atoms with Crippen molar-refractivity contribution in [3.63, 3.8) is 0 Å². The van der Waals surface area contributed by atoms with Gasteiger partial charge in [-0.2, -0.15) is 0 Å². The average Bonchev–Trinajstić information content (AvgIpc) is 2.71. The van der Waals surface area contributed by atoms with Gasteiger partial charge in [-0.15, -0.1) is 0 Å². The van der Waals surface area contributed by atoms with Gasteiger partial charge in [-0.25, -0.2) is 5.43 Å². The Balaban J connectivity index is 2.36. The fourth-order valence-electron chi connectivity index (χ4n) is 2.52. The van der Waals surface area contributed by atoms with E-state index in [-0.39, 0.29) is 6.04 Å². The second kappa shape index (κ2) is 6.04. The highest BCUT2D eigenvalue weighted by molar-refractivity contribution is 5.36. The van der Waals surface area contributed by atoms with E-state index in [9.17, 15) is 0 Å². The number of nitrogens with two attached hydrogens (primary N) is 1. The summed E-state index contributed by atoms with van der Waals surface area (Å²) in [6, 6.07) is 10.6. The third kappa shape index (κ3) is 3.06. The second-order valence-electron chi connectivity index (χ2n) is 4.96. The van der Waals surface area contributed by atoms with E-state index in [4.69, 9.17) is 10.3 Å². The number of hydrogen-bond acceptors (Lipinski definition) is 3. The molecule has 0 saturated carbocycles. The van der Waals surface area contributed by atoms with E-state index in [0.717, 1.165) is 29.9 Å². The molecule has 0 aliphatic heterocycles. The van der Waals surface area contributed by atoms with Crippen LogP contribution >= 0.6 is 0 Å². The minimum absolute atomic E-state index is 0.0192. The molecule has 3 heteroatoms. The van der Waals surface area contributed by atoms with Crippen molar-refractivity contribution in [3.05, 3.63) is 58.5 Å². The molecule has 2 aromatic rings. The van der Waals surface area contributed by atoms with Gasteiger partial charge in [0, 0.05) is 5.56 Å². The van der Waals surface area contributed by atoms with Crippen LogP contribution in [0.2, 0.25) is 0 Å². The highest BCUT2D eigenvalue weighted by atomic mass is 16.3. The Labute approximate surface area is 114 Å². The van der Waals surface area contributed by atoms with E-state index in [1.807, 2.05) is 19.9 Å². The van der Waals surface area contributed by atoms with E-state index in [0.29, 0.717) is 0 Å². The van der Waals surface area contributed by atoms with E-state index in [1.54, 1.807) is 0 Å². The third-order valence-electron chi connectivity index (χ3n) is 3.38. The molecule has 19 heavy (non-hydrogen) atoms. The molecule has 1 aromatic heterocycles. The number of aryl methyl sites for hydroxylation is 3. The zero-order chi connectivity index (χ0) is 13.8. The van der Waals surface area contributed by atoms with Crippen molar-refractivity contribution in [2.45, 2.75) is 39.7 Å². The van der Waals surface area contributed by atoms with E-state index < -0.39 is 0 Å². The van der Waals surface area contributed by atoms with Gasteiger partial charge >= 0.3 is 0 Å². The number of nitrogens with one attached hydrogen (secondary N) is 1. The maximum absolute atomic E-state index is 5.75. The molecule has 0 fully saturated rings. The van der Waals surface area contributed by atoms with Crippen molar-refractivity contribution in [1.29, 1.82) is 0 Å². The predicted molar refractivity (Wildman–Crippen MR) is 77.8 cm³/mol. The standard InChI is InChI=1S/C16H22N2O/c1-4-6-13-7-5-8-14(10-13)16(18-17)15-9-11(2)19-12(15)3/h5,7-10,16,18H,4,6,17H2,1-3H3. The molecule has 0 aliphatic rings. The van der Waals surface area contributed by atoms with Crippen molar-refractivity contribution >= 4 is 0 Å². The molecule has 1 heterocycles. The molecule has 1 atom stereocenters. The maximum atomic E-state index is 5.75. The lowest BCUT2D eigenvalue weighted by Crippen LogP contribution is -2.29. The van der Waals surface area contributed by atoms with Crippen molar-refractivity contribution in [2.24, 2.45) is 5.84 Å². The first kappa shape index (κ1) is 13.8. The number of hydrogen-bond donors (Lipinski definition) is 2. The molecular weight excluding hydrogens is 236 g/mol. The summed E-state index contributed by atoms with van der Waals surface area (Å²) in [6.07, 6.45) is 2.24. The molecule has 102 valence electrons. The van der Waals surface area contributed by atoms with Crippen LogP contribution < -0.4 is 11.3 Å². The van der Waals surface area contributed by atoms with Crippen molar-refractivity contribution < 1.29 is 4.42 Å². The Morgan fingerprint density at radius 3 is 2.63 bits per heavy atom. The first-order valence-corrected chi connectivity index (χ1v) is 6.77. The Kier molecular flexibility index (Phi) is 4.40. The molecule has 0 bridgehead atoms. The molecule has 1 unspecified atom stereocenters. The van der Waals surface area contributed by atoms with E-state index >= 15 is 0 Å². The largest absolute Gasteiger partial charge is 0.466 e. The smallest absolute Gasteiger partial charge is 0.106 e. The quantitative estimate of drug-likeness (QED) is 0.638. The van der Waals surface area contributed by atoms with Crippen LogP contribution in [0.5, 0.6) is 0 Å². The van der Waals surface area contributed by atoms with Crippen LogP contribution in [0.25, 0.3) is 0 Å². The topological polar surface area (TPSA) is 51.2 Å². The summed E-state index contributed by atoms with van der Waals surface area (Å²) >= 11 is 0. The van der Waals surface area contributed by atoms with Crippen LogP contribution in [0.1, 0.15) is 47.6 Å². The Hall–Kier alpha value is -1.58. The minimum atomic E-state index is -0.0192. The molecule has 3 N–H and O–H groups in total. The molecule has 1 aromatic carbocycles. The van der Waals surface area contributed by atoms with Gasteiger partial charge in [0.1, 0.15) is 11.5 Å². The molecule has 0 amide bonds. The van der Waals surface area contributed by atoms with Gasteiger partial charge < -0.3 is 4.42 Å². The molecule has 3 nitrogen and oxygen atoms in total. The molecular formula is C16H22N2O. The fourth-order valence-corrected chi connectivity index (χ4v) is 2.52. The summed E-state index contributed by atoms with van der Waals surface area (Å²) in [5, 5.41) is 0. The van der Waals surface area contributed by atoms with Crippen LogP contribution in [-0.4, -0.2) is 0 Å². The van der Waals surface area contributed by atoms with Gasteiger partial charge in [0.15, 0.2) is 0 Å². The number of rotatable bonds is 5. The highest BCUT2D eigenvalue weighted by Crippen LogP contribution is 2.27. The Bertz CT molecular complexity index is 545. The van der Waals surface area contributed by atoms with E-state index in [2.05, 4.69) is 36.6 Å². The van der Waals surface area contributed by atoms with Gasteiger partial charge in [0.05, 0.1) is 6.04 Å². The summed E-state index contributed by atoms with van der Waals surface area (Å²) in [5.74, 6) is 7.58. The lowest BCUT2D eigenvalue weighted by Gasteiger charge is -2.16. The van der Waals surface area contributed by atoms with Gasteiger partial charge in [-0.1, -0.05) is 37.6 Å². The Morgan fingerprint density at radius 2 is 2.05 bits per heavy atom. The molecule has 0 radical (unpaired) electrons. The van der Waals surface area contributed by atoms with Gasteiger partial charge in [-0.05, 0) is 37.5 Å². The van der Waals surface area contributed by atoms with Gasteiger partial charge in [0.2, 0.25) is 0 Å². The van der Waals surface area contributed by atoms with Gasteiger partial charge in [-0.3, -0.25) is 5.84 Å². The normalized spacial score (nSPS) is 12.6. The van der Waals surface area contributed by atoms with Crippen LogP contribution in [0.4, 0.5) is 0 Å². The van der Waals surface area contributed by atoms with Crippen LogP contribution in [0.3, 0.4) is 0 Å². The predicted octanol–water partition coefficient (Wildman–Crippen LogP) is 3.40. The fraction of sp³-hybridized carbons (Fsp3) is 0.375. The summed E-state index contributed by atoms with van der Waals surface area (Å²) < 4.78 is 5.60. The SMILES string of the molecule is CCCc1cccc(C(NN)c2cc(C)oc2C)c1. The van der Waals surface area contributed by atoms with E-state index in [1.165, 1.54) is 11.1 Å². The summed E-state index contributed by atoms with van der Waals surface area (Å²) in [6.45, 7) is 6.12. The zero-order valence-electron chi connectivity index (χ0n) is 11.9. The van der Waals surface area contributed by atoms with Crippen LogP contribution in [0, 0.1) is 13.8 Å². The minimum Gasteiger partial charge on any atom is -0.466 e. The summed E-state index contributed by atoms with van der Waals surface area (Å²) in [4.78, 5) is 0.